The van der Waals surface area contributed by atoms with Gasteiger partial charge in [-0.1, -0.05) is 158 Å². The van der Waals surface area contributed by atoms with E-state index in [1.54, 1.807) is 0 Å². The molecule has 0 spiro atoms. The van der Waals surface area contributed by atoms with E-state index < -0.39 is 0 Å². The number of fused-ring (bicyclic) bond motifs is 8. The summed E-state index contributed by atoms with van der Waals surface area (Å²) in [6.45, 7) is 0. The maximum absolute atomic E-state index is 5.13. The van der Waals surface area contributed by atoms with E-state index in [9.17, 15) is 0 Å². The Balaban J connectivity index is 1.14. The Morgan fingerprint density at radius 2 is 0.741 bits per heavy atom. The van der Waals surface area contributed by atoms with Crippen LogP contribution in [0.3, 0.4) is 0 Å². The van der Waals surface area contributed by atoms with Gasteiger partial charge in [-0.05, 0) is 53.2 Å². The number of hydrogen-bond acceptors (Lipinski definition) is 3. The van der Waals surface area contributed by atoms with Crippen LogP contribution in [-0.2, 0) is 0 Å². The Labute approximate surface area is 333 Å². The first kappa shape index (κ1) is 32.4. The van der Waals surface area contributed by atoms with Crippen LogP contribution in [0, 0.1) is 0 Å². The SMILES string of the molecule is c1ccc(-c2nc(-c3ccccc3)nc(-c3ccc(-n4c5ccccc5c5cc6c7ccccc7n(-c7cccc8ccccc78)c6cc54)c4ccccc34)n2)cc1. The van der Waals surface area contributed by atoms with Crippen molar-refractivity contribution in [1.82, 2.24) is 24.1 Å². The van der Waals surface area contributed by atoms with Crippen molar-refractivity contribution in [3.8, 4) is 45.5 Å². The summed E-state index contributed by atoms with van der Waals surface area (Å²) in [5, 5.41) is 9.53. The molecular weight excluding hydrogens is 707 g/mol. The average molecular weight is 740 g/mol. The van der Waals surface area contributed by atoms with Crippen molar-refractivity contribution >= 4 is 65.2 Å². The first-order valence-electron chi connectivity index (χ1n) is 19.6. The second kappa shape index (κ2) is 12.8. The van der Waals surface area contributed by atoms with E-state index >= 15 is 0 Å². The highest BCUT2D eigenvalue weighted by molar-refractivity contribution is 6.20. The topological polar surface area (TPSA) is 48.5 Å². The van der Waals surface area contributed by atoms with Crippen molar-refractivity contribution in [2.24, 2.45) is 0 Å². The van der Waals surface area contributed by atoms with E-state index in [2.05, 4.69) is 149 Å². The van der Waals surface area contributed by atoms with Gasteiger partial charge in [0, 0.05) is 49.0 Å². The van der Waals surface area contributed by atoms with Crippen molar-refractivity contribution < 1.29 is 0 Å². The molecule has 3 heterocycles. The molecule has 270 valence electrons. The van der Waals surface area contributed by atoms with Gasteiger partial charge in [0.2, 0.25) is 0 Å². The number of hydrogen-bond donors (Lipinski definition) is 0. The quantitative estimate of drug-likeness (QED) is 0.177. The maximum atomic E-state index is 5.13. The molecule has 0 N–H and O–H groups in total. The monoisotopic (exact) mass is 739 g/mol. The normalized spacial score (nSPS) is 11.8. The fourth-order valence-electron chi connectivity index (χ4n) is 8.96. The zero-order valence-corrected chi connectivity index (χ0v) is 31.3. The first-order valence-corrected chi connectivity index (χ1v) is 19.6. The maximum Gasteiger partial charge on any atom is 0.164 e. The van der Waals surface area contributed by atoms with Crippen LogP contribution in [0.1, 0.15) is 0 Å². The van der Waals surface area contributed by atoms with Gasteiger partial charge in [0.1, 0.15) is 0 Å². The molecule has 0 unspecified atom stereocenters. The molecule has 12 aromatic rings. The van der Waals surface area contributed by atoms with E-state index in [1.807, 2.05) is 60.7 Å². The molecule has 5 nitrogen and oxygen atoms in total. The highest BCUT2D eigenvalue weighted by Gasteiger charge is 2.21. The Bertz CT molecular complexity index is 3500. The third kappa shape index (κ3) is 4.93. The van der Waals surface area contributed by atoms with Crippen molar-refractivity contribution in [1.29, 1.82) is 0 Å². The molecule has 0 aliphatic carbocycles. The largest absolute Gasteiger partial charge is 0.309 e. The molecule has 9 aromatic carbocycles. The van der Waals surface area contributed by atoms with Gasteiger partial charge in [0.25, 0.3) is 0 Å². The molecule has 0 fully saturated rings. The summed E-state index contributed by atoms with van der Waals surface area (Å²) in [6.07, 6.45) is 0. The summed E-state index contributed by atoms with van der Waals surface area (Å²) in [6, 6.07) is 71.0. The summed E-state index contributed by atoms with van der Waals surface area (Å²) >= 11 is 0. The number of rotatable bonds is 5. The molecule has 58 heavy (non-hydrogen) atoms. The summed E-state index contributed by atoms with van der Waals surface area (Å²) in [7, 11) is 0. The smallest absolute Gasteiger partial charge is 0.164 e. The van der Waals surface area contributed by atoms with Crippen molar-refractivity contribution in [2.45, 2.75) is 0 Å². The van der Waals surface area contributed by atoms with E-state index in [0.29, 0.717) is 17.5 Å². The summed E-state index contributed by atoms with van der Waals surface area (Å²) in [5.41, 5.74) is 9.77. The lowest BCUT2D eigenvalue weighted by Crippen LogP contribution is -2.02. The molecule has 12 rings (SSSR count). The third-order valence-corrected chi connectivity index (χ3v) is 11.6. The lowest BCUT2D eigenvalue weighted by atomic mass is 10.0. The Kier molecular flexibility index (Phi) is 7.16. The van der Waals surface area contributed by atoms with Crippen LogP contribution in [0.25, 0.3) is 111 Å². The van der Waals surface area contributed by atoms with Crippen LogP contribution in [-0.4, -0.2) is 24.1 Å². The molecule has 0 amide bonds. The molecule has 0 saturated carbocycles. The van der Waals surface area contributed by atoms with Crippen LogP contribution in [0.5, 0.6) is 0 Å². The van der Waals surface area contributed by atoms with Gasteiger partial charge < -0.3 is 9.13 Å². The van der Waals surface area contributed by atoms with Gasteiger partial charge in [0.05, 0.1) is 33.4 Å². The van der Waals surface area contributed by atoms with Crippen molar-refractivity contribution in [3.05, 3.63) is 200 Å². The summed E-state index contributed by atoms with van der Waals surface area (Å²) in [5.74, 6) is 1.93. The highest BCUT2D eigenvalue weighted by atomic mass is 15.0. The summed E-state index contributed by atoms with van der Waals surface area (Å²) < 4.78 is 4.89. The molecular formula is C53H33N5. The Morgan fingerprint density at radius 3 is 1.36 bits per heavy atom. The van der Waals surface area contributed by atoms with Crippen LogP contribution in [0.15, 0.2) is 200 Å². The Hall–Kier alpha value is -7.89. The number of aromatic nitrogens is 5. The average Bonchev–Trinajstić information content (AvgIpc) is 3.79. The minimum atomic E-state index is 0.638. The van der Waals surface area contributed by atoms with Crippen LogP contribution >= 0.6 is 0 Å². The molecule has 0 bridgehead atoms. The molecule has 0 radical (unpaired) electrons. The van der Waals surface area contributed by atoms with Crippen molar-refractivity contribution in [2.75, 3.05) is 0 Å². The van der Waals surface area contributed by atoms with E-state index in [-0.39, 0.29) is 0 Å². The fourth-order valence-corrected chi connectivity index (χ4v) is 8.96. The predicted molar refractivity (Wildman–Crippen MR) is 240 cm³/mol. The van der Waals surface area contributed by atoms with Gasteiger partial charge in [-0.25, -0.2) is 15.0 Å². The number of nitrogens with zero attached hydrogens (tertiary/aromatic N) is 5. The highest BCUT2D eigenvalue weighted by Crippen LogP contribution is 2.42. The van der Waals surface area contributed by atoms with Crippen LogP contribution in [0.2, 0.25) is 0 Å². The number of benzene rings is 9. The zero-order chi connectivity index (χ0) is 38.2. The van der Waals surface area contributed by atoms with Crippen LogP contribution in [0.4, 0.5) is 0 Å². The molecule has 0 aliphatic rings. The minimum Gasteiger partial charge on any atom is -0.309 e. The number of para-hydroxylation sites is 2. The predicted octanol–water partition coefficient (Wildman–Crippen LogP) is 13.4. The molecule has 5 heteroatoms. The molecule has 0 atom stereocenters. The van der Waals surface area contributed by atoms with Crippen molar-refractivity contribution in [3.63, 3.8) is 0 Å². The van der Waals surface area contributed by atoms with Gasteiger partial charge in [0.15, 0.2) is 17.5 Å². The lowest BCUT2D eigenvalue weighted by molar-refractivity contribution is 1.08. The molecule has 0 saturated heterocycles. The fraction of sp³-hybridized carbons (Fsp3) is 0. The first-order chi connectivity index (χ1) is 28.8. The summed E-state index contributed by atoms with van der Waals surface area (Å²) in [4.78, 5) is 15.2. The van der Waals surface area contributed by atoms with Gasteiger partial charge >= 0.3 is 0 Å². The van der Waals surface area contributed by atoms with Crippen LogP contribution < -0.4 is 0 Å². The van der Waals surface area contributed by atoms with Gasteiger partial charge in [-0.2, -0.15) is 0 Å². The van der Waals surface area contributed by atoms with E-state index in [1.165, 1.54) is 49.0 Å². The third-order valence-electron chi connectivity index (χ3n) is 11.6. The van der Waals surface area contributed by atoms with E-state index in [4.69, 9.17) is 15.0 Å². The molecule has 3 aromatic heterocycles. The van der Waals surface area contributed by atoms with Gasteiger partial charge in [-0.3, -0.25) is 0 Å². The Morgan fingerprint density at radius 1 is 0.276 bits per heavy atom. The lowest BCUT2D eigenvalue weighted by Gasteiger charge is -2.15. The van der Waals surface area contributed by atoms with Gasteiger partial charge in [-0.15, -0.1) is 0 Å². The van der Waals surface area contributed by atoms with E-state index in [0.717, 1.165) is 44.2 Å². The molecule has 0 aliphatic heterocycles. The minimum absolute atomic E-state index is 0.638. The zero-order valence-electron chi connectivity index (χ0n) is 31.3. The second-order valence-corrected chi connectivity index (χ2v) is 14.8. The second-order valence-electron chi connectivity index (χ2n) is 14.8. The standard InChI is InChI=1S/C53H33N5/c1-3-17-35(18-4-1)51-54-52(36-19-5-2-6-20-36)56-53(55-51)42-30-31-48(39-24-10-9-23-38(39)42)58-47-28-14-12-26-41(47)44-32-43-40-25-11-13-27-46(40)57(49(43)33-50(44)58)45-29-15-21-34-16-7-8-22-37(34)45/h1-33H.